The first-order valence-electron chi connectivity index (χ1n) is 5.88. The molecule has 3 nitrogen and oxygen atoms in total. The van der Waals surface area contributed by atoms with E-state index in [0.717, 1.165) is 5.56 Å². The second-order valence-corrected chi connectivity index (χ2v) is 4.17. The van der Waals surface area contributed by atoms with Crippen molar-refractivity contribution in [3.05, 3.63) is 53.3 Å². The van der Waals surface area contributed by atoms with Crippen LogP contribution in [0.3, 0.4) is 0 Å². The largest absolute Gasteiger partial charge is 0.500 e. The summed E-state index contributed by atoms with van der Waals surface area (Å²) >= 11 is 0. The Kier molecular flexibility index (Phi) is 3.82. The zero-order valence-corrected chi connectivity index (χ0v) is 10.6. The minimum absolute atomic E-state index is 0.253. The summed E-state index contributed by atoms with van der Waals surface area (Å²) in [6.07, 6.45) is 4.18. The average molecular weight is 244 g/mol. The van der Waals surface area contributed by atoms with Crippen molar-refractivity contribution in [2.45, 2.75) is 19.4 Å². The Bertz CT molecular complexity index is 486. The number of ether oxygens (including phenoxy) is 2. The van der Waals surface area contributed by atoms with Gasteiger partial charge in [0.1, 0.15) is 11.9 Å². The second-order valence-electron chi connectivity index (χ2n) is 4.17. The molecular formula is C15H16O3. The Morgan fingerprint density at radius 3 is 2.72 bits per heavy atom. The van der Waals surface area contributed by atoms with E-state index in [-0.39, 0.29) is 12.1 Å². The maximum atomic E-state index is 11.6. The van der Waals surface area contributed by atoms with Crippen LogP contribution in [-0.2, 0) is 14.3 Å². The summed E-state index contributed by atoms with van der Waals surface area (Å²) < 4.78 is 10.5. The van der Waals surface area contributed by atoms with E-state index in [0.29, 0.717) is 17.8 Å². The van der Waals surface area contributed by atoms with Gasteiger partial charge in [-0.3, -0.25) is 0 Å². The van der Waals surface area contributed by atoms with Crippen molar-refractivity contribution in [1.82, 2.24) is 0 Å². The van der Waals surface area contributed by atoms with Crippen molar-refractivity contribution in [3.8, 4) is 0 Å². The monoisotopic (exact) mass is 244 g/mol. The van der Waals surface area contributed by atoms with E-state index < -0.39 is 0 Å². The number of hydrogen-bond acceptors (Lipinski definition) is 3. The molecular weight excluding hydrogens is 228 g/mol. The number of cyclic esters (lactones) is 1. The molecule has 1 aromatic carbocycles. The predicted octanol–water partition coefficient (Wildman–Crippen LogP) is 2.94. The number of benzene rings is 1. The number of carbonyl (C=O) groups is 1. The molecule has 0 aromatic heterocycles. The van der Waals surface area contributed by atoms with Crippen LogP contribution in [0.5, 0.6) is 0 Å². The molecule has 0 radical (unpaired) electrons. The quantitative estimate of drug-likeness (QED) is 0.767. The molecule has 0 spiro atoms. The van der Waals surface area contributed by atoms with E-state index in [4.69, 9.17) is 9.47 Å². The van der Waals surface area contributed by atoms with Gasteiger partial charge >= 0.3 is 5.97 Å². The zero-order valence-electron chi connectivity index (χ0n) is 10.6. The Balaban J connectivity index is 2.09. The van der Waals surface area contributed by atoms with Crippen LogP contribution in [0.2, 0.25) is 0 Å². The molecule has 1 aromatic rings. The van der Waals surface area contributed by atoms with Crippen LogP contribution >= 0.6 is 0 Å². The molecule has 3 heteroatoms. The maximum Gasteiger partial charge on any atom is 0.337 e. The minimum Gasteiger partial charge on any atom is -0.500 e. The Labute approximate surface area is 107 Å². The molecule has 1 aliphatic heterocycles. The van der Waals surface area contributed by atoms with Crippen LogP contribution < -0.4 is 0 Å². The van der Waals surface area contributed by atoms with Crippen molar-refractivity contribution >= 4 is 12.0 Å². The molecule has 0 saturated carbocycles. The molecule has 0 bridgehead atoms. The van der Waals surface area contributed by atoms with Gasteiger partial charge in [0.15, 0.2) is 0 Å². The number of rotatable bonds is 3. The van der Waals surface area contributed by atoms with Crippen LogP contribution in [0.25, 0.3) is 6.08 Å². The van der Waals surface area contributed by atoms with Gasteiger partial charge < -0.3 is 9.47 Å². The number of carbonyl (C=O) groups excluding carboxylic acids is 1. The van der Waals surface area contributed by atoms with E-state index >= 15 is 0 Å². The molecule has 18 heavy (non-hydrogen) atoms. The van der Waals surface area contributed by atoms with Gasteiger partial charge in [0.25, 0.3) is 0 Å². The van der Waals surface area contributed by atoms with Crippen molar-refractivity contribution in [2.75, 3.05) is 7.11 Å². The Hall–Kier alpha value is -2.03. The summed E-state index contributed by atoms with van der Waals surface area (Å²) in [6.45, 7) is 1.72. The van der Waals surface area contributed by atoms with Crippen molar-refractivity contribution in [3.63, 3.8) is 0 Å². The Morgan fingerprint density at radius 1 is 1.33 bits per heavy atom. The molecule has 1 heterocycles. The summed E-state index contributed by atoms with van der Waals surface area (Å²) in [6, 6.07) is 9.90. The van der Waals surface area contributed by atoms with Crippen LogP contribution in [-0.4, -0.2) is 19.2 Å². The zero-order chi connectivity index (χ0) is 13.0. The predicted molar refractivity (Wildman–Crippen MR) is 69.7 cm³/mol. The fourth-order valence-corrected chi connectivity index (χ4v) is 1.84. The maximum absolute atomic E-state index is 11.6. The SMILES string of the molecule is COC1=C(C)C(=O)O[C@@H](C=Cc2ccccc2)C1. The lowest BCUT2D eigenvalue weighted by atomic mass is 10.1. The molecule has 0 saturated heterocycles. The number of esters is 1. The van der Waals surface area contributed by atoms with Crippen molar-refractivity contribution in [2.24, 2.45) is 0 Å². The molecule has 0 aliphatic carbocycles. The first kappa shape index (κ1) is 12.4. The van der Waals surface area contributed by atoms with Gasteiger partial charge in [0.05, 0.1) is 12.7 Å². The highest BCUT2D eigenvalue weighted by molar-refractivity contribution is 5.89. The van der Waals surface area contributed by atoms with Gasteiger partial charge in [0, 0.05) is 6.42 Å². The molecule has 0 N–H and O–H groups in total. The molecule has 1 aliphatic rings. The third kappa shape index (κ3) is 2.80. The average Bonchev–Trinajstić information content (AvgIpc) is 2.41. The summed E-state index contributed by atoms with van der Waals surface area (Å²) in [5.41, 5.74) is 1.64. The van der Waals surface area contributed by atoms with Crippen LogP contribution in [0.4, 0.5) is 0 Å². The second kappa shape index (κ2) is 5.54. The molecule has 2 rings (SSSR count). The van der Waals surface area contributed by atoms with Crippen molar-refractivity contribution in [1.29, 1.82) is 0 Å². The number of methoxy groups -OCH3 is 1. The van der Waals surface area contributed by atoms with E-state index in [1.807, 2.05) is 42.5 Å². The summed E-state index contributed by atoms with van der Waals surface area (Å²) in [5.74, 6) is 0.398. The number of hydrogen-bond donors (Lipinski definition) is 0. The lowest BCUT2D eigenvalue weighted by Gasteiger charge is -2.22. The van der Waals surface area contributed by atoms with Gasteiger partial charge in [-0.05, 0) is 18.6 Å². The van der Waals surface area contributed by atoms with Gasteiger partial charge in [-0.2, -0.15) is 0 Å². The third-order valence-electron chi connectivity index (χ3n) is 2.92. The summed E-state index contributed by atoms with van der Waals surface area (Å²) in [7, 11) is 1.58. The minimum atomic E-state index is -0.305. The fourth-order valence-electron chi connectivity index (χ4n) is 1.84. The topological polar surface area (TPSA) is 35.5 Å². The van der Waals surface area contributed by atoms with Crippen LogP contribution in [0.1, 0.15) is 18.9 Å². The van der Waals surface area contributed by atoms with Gasteiger partial charge in [0.2, 0.25) is 0 Å². The first-order chi connectivity index (χ1) is 8.70. The third-order valence-corrected chi connectivity index (χ3v) is 2.92. The smallest absolute Gasteiger partial charge is 0.337 e. The lowest BCUT2D eigenvalue weighted by Crippen LogP contribution is -2.24. The summed E-state index contributed by atoms with van der Waals surface area (Å²) in [4.78, 5) is 11.6. The molecule has 94 valence electrons. The molecule has 0 fully saturated rings. The van der Waals surface area contributed by atoms with Gasteiger partial charge in [-0.15, -0.1) is 0 Å². The van der Waals surface area contributed by atoms with E-state index in [9.17, 15) is 4.79 Å². The van der Waals surface area contributed by atoms with E-state index in [1.165, 1.54) is 0 Å². The molecule has 1 atom stereocenters. The summed E-state index contributed by atoms with van der Waals surface area (Å²) in [5, 5.41) is 0. The van der Waals surface area contributed by atoms with Gasteiger partial charge in [-0.25, -0.2) is 4.79 Å². The van der Waals surface area contributed by atoms with Crippen LogP contribution in [0, 0.1) is 0 Å². The van der Waals surface area contributed by atoms with Crippen molar-refractivity contribution < 1.29 is 14.3 Å². The molecule has 0 unspecified atom stereocenters. The standard InChI is InChI=1S/C15H16O3/c1-11-14(17-2)10-13(18-15(11)16)9-8-12-6-4-3-5-7-12/h3-9,13H,10H2,1-2H3/t13-/m0/s1. The highest BCUT2D eigenvalue weighted by atomic mass is 16.6. The normalized spacial score (nSPS) is 20.1. The van der Waals surface area contributed by atoms with E-state index in [1.54, 1.807) is 14.0 Å². The highest BCUT2D eigenvalue weighted by Gasteiger charge is 2.25. The first-order valence-corrected chi connectivity index (χ1v) is 5.88. The highest BCUT2D eigenvalue weighted by Crippen LogP contribution is 2.23. The van der Waals surface area contributed by atoms with Gasteiger partial charge in [-0.1, -0.05) is 36.4 Å². The van der Waals surface area contributed by atoms with E-state index in [2.05, 4.69) is 0 Å². The van der Waals surface area contributed by atoms with Crippen LogP contribution in [0.15, 0.2) is 47.7 Å². The lowest BCUT2D eigenvalue weighted by molar-refractivity contribution is -0.144. The fraction of sp³-hybridized carbons (Fsp3) is 0.267. The Morgan fingerprint density at radius 2 is 2.06 bits per heavy atom. The molecule has 0 amide bonds.